The fraction of sp³-hybridized carbons (Fsp3) is 0.600. The van der Waals surface area contributed by atoms with Crippen molar-refractivity contribution in [2.75, 3.05) is 11.5 Å². The van der Waals surface area contributed by atoms with Gasteiger partial charge in [-0.2, -0.15) is 0 Å². The molecule has 102 valence electrons. The fourth-order valence-electron chi connectivity index (χ4n) is 1.93. The highest BCUT2D eigenvalue weighted by Crippen LogP contribution is 2.06. The summed E-state index contributed by atoms with van der Waals surface area (Å²) in [6.07, 6.45) is 4.68. The Labute approximate surface area is 113 Å². The summed E-state index contributed by atoms with van der Waals surface area (Å²) in [6.45, 7) is 2.17. The first-order valence-corrected chi connectivity index (χ1v) is 8.28. The largest absolute Gasteiger partial charge is 0.392 e. The lowest BCUT2D eigenvalue weighted by Crippen LogP contribution is -2.20. The molecule has 0 aliphatic carbocycles. The SMILES string of the molecule is CCCCCCS(=O)CC(O)Cc1ccccc1. The summed E-state index contributed by atoms with van der Waals surface area (Å²) >= 11 is 0. The normalized spacial score (nSPS) is 14.3. The van der Waals surface area contributed by atoms with Crippen molar-refractivity contribution in [2.24, 2.45) is 0 Å². The molecular formula is C15H24O2S. The quantitative estimate of drug-likeness (QED) is 0.699. The Balaban J connectivity index is 2.19. The van der Waals surface area contributed by atoms with E-state index in [1.165, 1.54) is 12.8 Å². The second kappa shape index (κ2) is 9.29. The van der Waals surface area contributed by atoms with Crippen LogP contribution < -0.4 is 0 Å². The van der Waals surface area contributed by atoms with Crippen molar-refractivity contribution in [1.82, 2.24) is 0 Å². The Hall–Kier alpha value is -0.670. The molecule has 1 aromatic rings. The Morgan fingerprint density at radius 2 is 1.89 bits per heavy atom. The van der Waals surface area contributed by atoms with Crippen LogP contribution in [0.4, 0.5) is 0 Å². The van der Waals surface area contributed by atoms with Gasteiger partial charge < -0.3 is 5.11 Å². The van der Waals surface area contributed by atoms with Crippen LogP contribution in [0.25, 0.3) is 0 Å². The Morgan fingerprint density at radius 1 is 1.17 bits per heavy atom. The molecule has 0 aliphatic heterocycles. The van der Waals surface area contributed by atoms with Crippen LogP contribution in [-0.2, 0) is 17.2 Å². The van der Waals surface area contributed by atoms with E-state index >= 15 is 0 Å². The van der Waals surface area contributed by atoms with Gasteiger partial charge in [0.05, 0.1) is 6.10 Å². The van der Waals surface area contributed by atoms with Gasteiger partial charge in [-0.1, -0.05) is 56.5 Å². The zero-order chi connectivity index (χ0) is 13.2. The molecule has 0 amide bonds. The van der Waals surface area contributed by atoms with Crippen molar-refractivity contribution in [3.63, 3.8) is 0 Å². The van der Waals surface area contributed by atoms with Gasteiger partial charge in [0.15, 0.2) is 0 Å². The van der Waals surface area contributed by atoms with E-state index in [1.807, 2.05) is 30.3 Å². The van der Waals surface area contributed by atoms with Crippen molar-refractivity contribution in [2.45, 2.75) is 45.1 Å². The molecule has 2 atom stereocenters. The molecule has 2 nitrogen and oxygen atoms in total. The number of unbranched alkanes of at least 4 members (excludes halogenated alkanes) is 3. The molecule has 1 rings (SSSR count). The molecule has 18 heavy (non-hydrogen) atoms. The third kappa shape index (κ3) is 6.92. The Kier molecular flexibility index (Phi) is 7.94. The molecule has 0 saturated carbocycles. The predicted molar refractivity (Wildman–Crippen MR) is 78.2 cm³/mol. The van der Waals surface area contributed by atoms with Gasteiger partial charge in [0.1, 0.15) is 0 Å². The number of hydrogen-bond acceptors (Lipinski definition) is 2. The number of hydrogen-bond donors (Lipinski definition) is 1. The highest BCUT2D eigenvalue weighted by Gasteiger charge is 2.10. The first kappa shape index (κ1) is 15.4. The standard InChI is InChI=1S/C15H24O2S/c1-2-3-4-8-11-18(17)13-15(16)12-14-9-6-5-7-10-14/h5-7,9-10,15-16H,2-4,8,11-13H2,1H3. The van der Waals surface area contributed by atoms with Gasteiger partial charge in [-0.25, -0.2) is 0 Å². The van der Waals surface area contributed by atoms with E-state index in [1.54, 1.807) is 0 Å². The lowest BCUT2D eigenvalue weighted by Gasteiger charge is -2.10. The summed E-state index contributed by atoms with van der Waals surface area (Å²) in [7, 11) is -0.877. The molecule has 0 bridgehead atoms. The Morgan fingerprint density at radius 3 is 2.56 bits per heavy atom. The molecule has 1 aromatic carbocycles. The van der Waals surface area contributed by atoms with Gasteiger partial charge in [-0.05, 0) is 18.4 Å². The molecule has 0 fully saturated rings. The molecule has 0 saturated heterocycles. The summed E-state index contributed by atoms with van der Waals surface area (Å²) in [6, 6.07) is 9.87. The predicted octanol–water partition coefficient (Wildman–Crippen LogP) is 2.92. The number of aliphatic hydroxyl groups is 1. The maximum absolute atomic E-state index is 11.8. The molecule has 1 N–H and O–H groups in total. The van der Waals surface area contributed by atoms with Crippen LogP contribution in [0.2, 0.25) is 0 Å². The lowest BCUT2D eigenvalue weighted by molar-refractivity contribution is 0.199. The molecule has 0 aliphatic rings. The van der Waals surface area contributed by atoms with Gasteiger partial charge in [0.25, 0.3) is 0 Å². The fourth-order valence-corrected chi connectivity index (χ4v) is 3.17. The van der Waals surface area contributed by atoms with Crippen LogP contribution in [0.5, 0.6) is 0 Å². The number of rotatable bonds is 9. The zero-order valence-electron chi connectivity index (χ0n) is 11.2. The minimum atomic E-state index is -0.877. The van der Waals surface area contributed by atoms with E-state index in [4.69, 9.17) is 0 Å². The highest BCUT2D eigenvalue weighted by molar-refractivity contribution is 7.85. The average Bonchev–Trinajstić information content (AvgIpc) is 2.35. The summed E-state index contributed by atoms with van der Waals surface area (Å²) in [5, 5.41) is 9.88. The first-order valence-electron chi connectivity index (χ1n) is 6.79. The van der Waals surface area contributed by atoms with Crippen molar-refractivity contribution in [1.29, 1.82) is 0 Å². The second-order valence-corrected chi connectivity index (χ2v) is 6.34. The lowest BCUT2D eigenvalue weighted by atomic mass is 10.1. The van der Waals surface area contributed by atoms with Gasteiger partial charge in [-0.15, -0.1) is 0 Å². The van der Waals surface area contributed by atoms with E-state index in [0.717, 1.165) is 24.2 Å². The van der Waals surface area contributed by atoms with Crippen LogP contribution in [0, 0.1) is 0 Å². The summed E-state index contributed by atoms with van der Waals surface area (Å²) < 4.78 is 11.8. The van der Waals surface area contributed by atoms with Crippen LogP contribution in [0.15, 0.2) is 30.3 Å². The van der Waals surface area contributed by atoms with Crippen molar-refractivity contribution in [3.8, 4) is 0 Å². The van der Waals surface area contributed by atoms with Gasteiger partial charge in [-0.3, -0.25) is 4.21 Å². The minimum Gasteiger partial charge on any atom is -0.392 e. The molecule has 2 unspecified atom stereocenters. The second-order valence-electron chi connectivity index (χ2n) is 4.71. The number of aliphatic hydroxyl groups excluding tert-OH is 1. The maximum atomic E-state index is 11.8. The molecule has 0 radical (unpaired) electrons. The summed E-state index contributed by atoms with van der Waals surface area (Å²) in [4.78, 5) is 0. The van der Waals surface area contributed by atoms with Crippen molar-refractivity contribution < 1.29 is 9.32 Å². The highest BCUT2D eigenvalue weighted by atomic mass is 32.2. The topological polar surface area (TPSA) is 37.3 Å². The summed E-state index contributed by atoms with van der Waals surface area (Å²) in [5.74, 6) is 1.13. The molecule has 0 aromatic heterocycles. The van der Waals surface area contributed by atoms with E-state index in [2.05, 4.69) is 6.92 Å². The van der Waals surface area contributed by atoms with E-state index < -0.39 is 16.9 Å². The van der Waals surface area contributed by atoms with Crippen LogP contribution in [-0.4, -0.2) is 26.9 Å². The monoisotopic (exact) mass is 268 g/mol. The van der Waals surface area contributed by atoms with E-state index in [0.29, 0.717) is 12.2 Å². The van der Waals surface area contributed by atoms with E-state index in [9.17, 15) is 9.32 Å². The first-order chi connectivity index (χ1) is 8.72. The molecular weight excluding hydrogens is 244 g/mol. The smallest absolute Gasteiger partial charge is 0.0695 e. The third-order valence-electron chi connectivity index (χ3n) is 2.92. The van der Waals surface area contributed by atoms with Gasteiger partial charge in [0.2, 0.25) is 0 Å². The van der Waals surface area contributed by atoms with Crippen molar-refractivity contribution in [3.05, 3.63) is 35.9 Å². The zero-order valence-corrected chi connectivity index (χ0v) is 12.0. The number of benzene rings is 1. The van der Waals surface area contributed by atoms with Crippen molar-refractivity contribution >= 4 is 10.8 Å². The van der Waals surface area contributed by atoms with Crippen LogP contribution in [0.3, 0.4) is 0 Å². The van der Waals surface area contributed by atoms with Gasteiger partial charge >= 0.3 is 0 Å². The van der Waals surface area contributed by atoms with Crippen LogP contribution >= 0.6 is 0 Å². The van der Waals surface area contributed by atoms with Gasteiger partial charge in [0, 0.05) is 22.3 Å². The third-order valence-corrected chi connectivity index (χ3v) is 4.42. The molecule has 0 spiro atoms. The Bertz CT molecular complexity index is 338. The minimum absolute atomic E-state index is 0.404. The van der Waals surface area contributed by atoms with E-state index in [-0.39, 0.29) is 0 Å². The maximum Gasteiger partial charge on any atom is 0.0695 e. The average molecular weight is 268 g/mol. The van der Waals surface area contributed by atoms with Crippen LogP contribution in [0.1, 0.15) is 38.2 Å². The molecule has 3 heteroatoms. The summed E-state index contributed by atoms with van der Waals surface area (Å²) in [5.41, 5.74) is 1.10. The molecule has 0 heterocycles.